The number of nitro groups is 2. The molecule has 2 aromatic rings. The lowest BCUT2D eigenvalue weighted by Crippen LogP contribution is -2.09. The van der Waals surface area contributed by atoms with Gasteiger partial charge in [0.1, 0.15) is 11.8 Å². The highest BCUT2D eigenvalue weighted by molar-refractivity contribution is 5.91. The smallest absolute Gasteiger partial charge is 0.478 e. The van der Waals surface area contributed by atoms with E-state index in [0.717, 1.165) is 23.3 Å². The van der Waals surface area contributed by atoms with E-state index in [-0.39, 0.29) is 5.82 Å². The molecule has 0 radical (unpaired) electrons. The molecule has 0 aliphatic carbocycles. The summed E-state index contributed by atoms with van der Waals surface area (Å²) in [5, 5.41) is 33.4. The lowest BCUT2D eigenvalue weighted by Gasteiger charge is -2.01. The molecule has 2 heterocycles. The van der Waals surface area contributed by atoms with Gasteiger partial charge < -0.3 is 15.2 Å². The average Bonchev–Trinajstić information content (AvgIpc) is 2.87. The predicted molar refractivity (Wildman–Crippen MR) is 59.4 cm³/mol. The fourth-order valence-electron chi connectivity index (χ4n) is 1.33. The predicted octanol–water partition coefficient (Wildman–Crippen LogP) is 0.177. The van der Waals surface area contributed by atoms with Crippen molar-refractivity contribution in [3.63, 3.8) is 0 Å². The van der Waals surface area contributed by atoms with Crippen LogP contribution in [0.3, 0.4) is 0 Å². The molecule has 0 aliphatic heterocycles. The first-order chi connectivity index (χ1) is 9.40. The summed E-state index contributed by atoms with van der Waals surface area (Å²) >= 11 is 0. The van der Waals surface area contributed by atoms with Crippen LogP contribution in [0.1, 0.15) is 10.4 Å². The van der Waals surface area contributed by atoms with Gasteiger partial charge in [-0.2, -0.15) is 0 Å². The number of nitrogens with zero attached hydrogens (tertiary/aromatic N) is 6. The number of hydrogen-bond acceptors (Lipinski definition) is 8. The molecule has 20 heavy (non-hydrogen) atoms. The van der Waals surface area contributed by atoms with E-state index in [4.69, 9.17) is 5.11 Å². The van der Waals surface area contributed by atoms with E-state index in [2.05, 4.69) is 15.1 Å². The fourth-order valence-corrected chi connectivity index (χ4v) is 1.33. The van der Waals surface area contributed by atoms with Gasteiger partial charge in [0.2, 0.25) is 6.33 Å². The molecule has 12 nitrogen and oxygen atoms in total. The molecule has 0 saturated carbocycles. The molecule has 2 aromatic heterocycles. The fraction of sp³-hybridized carbons (Fsp3) is 0. The van der Waals surface area contributed by atoms with E-state index >= 15 is 0 Å². The van der Waals surface area contributed by atoms with Crippen molar-refractivity contribution in [3.05, 3.63) is 44.4 Å². The quantitative estimate of drug-likeness (QED) is 0.606. The Bertz CT molecular complexity index is 724. The molecule has 0 aromatic carbocycles. The second kappa shape index (κ2) is 4.68. The number of carboxylic acid groups (broad SMARTS) is 1. The Hall–Kier alpha value is -3.44. The Labute approximate surface area is 108 Å². The van der Waals surface area contributed by atoms with E-state index in [0.29, 0.717) is 0 Å². The van der Waals surface area contributed by atoms with Crippen LogP contribution in [-0.4, -0.2) is 40.7 Å². The van der Waals surface area contributed by atoms with E-state index in [1.807, 2.05) is 0 Å². The Kier molecular flexibility index (Phi) is 3.04. The molecule has 0 unspecified atom stereocenters. The number of aromatic carboxylic acids is 1. The third-order valence-electron chi connectivity index (χ3n) is 2.15. The summed E-state index contributed by atoms with van der Waals surface area (Å²) in [4.78, 5) is 37.3. The standard InChI is InChI=1S/C8H4N6O6/c15-7(16)5-1-4(13(17)18)2-9-6(5)12-3-10-8(11-12)14(19)20/h1-3H,(H,15,16). The van der Waals surface area contributed by atoms with Crippen molar-refractivity contribution in [3.8, 4) is 5.82 Å². The summed E-state index contributed by atoms with van der Waals surface area (Å²) in [5.41, 5.74) is -1.06. The van der Waals surface area contributed by atoms with E-state index in [1.165, 1.54) is 0 Å². The van der Waals surface area contributed by atoms with Crippen molar-refractivity contribution < 1.29 is 19.7 Å². The van der Waals surface area contributed by atoms with Crippen LogP contribution in [0.5, 0.6) is 0 Å². The Morgan fingerprint density at radius 3 is 2.45 bits per heavy atom. The summed E-state index contributed by atoms with van der Waals surface area (Å²) in [6.45, 7) is 0. The molecule has 2 rings (SSSR count). The third kappa shape index (κ3) is 2.24. The van der Waals surface area contributed by atoms with Gasteiger partial charge in [-0.3, -0.25) is 10.1 Å². The molecule has 1 N–H and O–H groups in total. The molecule has 0 saturated heterocycles. The van der Waals surface area contributed by atoms with Gasteiger partial charge in [-0.05, 0) is 4.92 Å². The summed E-state index contributed by atoms with van der Waals surface area (Å²) in [7, 11) is 0. The second-order valence-corrected chi connectivity index (χ2v) is 3.37. The number of rotatable bonds is 4. The molecule has 0 amide bonds. The zero-order chi connectivity index (χ0) is 14.9. The molecule has 0 bridgehead atoms. The number of aromatic nitrogens is 4. The van der Waals surface area contributed by atoms with E-state index in [9.17, 15) is 25.0 Å². The Morgan fingerprint density at radius 2 is 1.95 bits per heavy atom. The topological polar surface area (TPSA) is 167 Å². The van der Waals surface area contributed by atoms with Crippen LogP contribution in [0.4, 0.5) is 11.6 Å². The van der Waals surface area contributed by atoms with Crippen LogP contribution in [0.2, 0.25) is 0 Å². The van der Waals surface area contributed by atoms with Crippen LogP contribution >= 0.6 is 0 Å². The maximum atomic E-state index is 11.1. The molecule has 0 fully saturated rings. The van der Waals surface area contributed by atoms with Crippen molar-refractivity contribution in [1.82, 2.24) is 19.7 Å². The van der Waals surface area contributed by atoms with Gasteiger partial charge in [-0.15, -0.1) is 4.68 Å². The highest BCUT2D eigenvalue weighted by Gasteiger charge is 2.23. The van der Waals surface area contributed by atoms with E-state index < -0.39 is 33.0 Å². The van der Waals surface area contributed by atoms with Crippen molar-refractivity contribution in [2.75, 3.05) is 0 Å². The van der Waals surface area contributed by atoms with Gasteiger partial charge in [0.05, 0.1) is 4.92 Å². The van der Waals surface area contributed by atoms with Crippen LogP contribution in [0.25, 0.3) is 5.82 Å². The largest absolute Gasteiger partial charge is 0.491 e. The molecular weight excluding hydrogens is 276 g/mol. The van der Waals surface area contributed by atoms with Gasteiger partial charge in [0, 0.05) is 11.2 Å². The maximum Gasteiger partial charge on any atom is 0.491 e. The van der Waals surface area contributed by atoms with Gasteiger partial charge in [0.25, 0.3) is 5.69 Å². The molecule has 0 spiro atoms. The highest BCUT2D eigenvalue weighted by Crippen LogP contribution is 2.18. The summed E-state index contributed by atoms with van der Waals surface area (Å²) < 4.78 is 0.755. The first-order valence-electron chi connectivity index (χ1n) is 4.84. The number of carboxylic acids is 1. The monoisotopic (exact) mass is 280 g/mol. The van der Waals surface area contributed by atoms with Gasteiger partial charge in [-0.1, -0.05) is 4.98 Å². The second-order valence-electron chi connectivity index (χ2n) is 3.37. The molecule has 12 heteroatoms. The van der Waals surface area contributed by atoms with Crippen LogP contribution in [0.15, 0.2) is 18.6 Å². The van der Waals surface area contributed by atoms with Crippen molar-refractivity contribution in [2.24, 2.45) is 0 Å². The van der Waals surface area contributed by atoms with Crippen LogP contribution < -0.4 is 0 Å². The van der Waals surface area contributed by atoms with Crippen molar-refractivity contribution in [1.29, 1.82) is 0 Å². The minimum absolute atomic E-state index is 0.316. The number of hydrogen-bond donors (Lipinski definition) is 1. The zero-order valence-corrected chi connectivity index (χ0v) is 9.40. The normalized spacial score (nSPS) is 10.2. The van der Waals surface area contributed by atoms with Crippen LogP contribution in [0, 0.1) is 20.2 Å². The first kappa shape index (κ1) is 13.0. The SMILES string of the molecule is O=C(O)c1cc([N+](=O)[O-])cnc1-n1cnc([N+](=O)[O-])n1. The minimum atomic E-state index is -1.49. The average molecular weight is 280 g/mol. The zero-order valence-electron chi connectivity index (χ0n) is 9.40. The first-order valence-corrected chi connectivity index (χ1v) is 4.84. The summed E-state index contributed by atoms with van der Waals surface area (Å²) in [5.74, 6) is -2.56. The van der Waals surface area contributed by atoms with Gasteiger partial charge >= 0.3 is 11.9 Å². The third-order valence-corrected chi connectivity index (χ3v) is 2.15. The molecular formula is C8H4N6O6. The number of pyridine rings is 1. The Balaban J connectivity index is 2.57. The number of carbonyl (C=O) groups is 1. The van der Waals surface area contributed by atoms with Gasteiger partial charge in [0.15, 0.2) is 5.82 Å². The van der Waals surface area contributed by atoms with E-state index in [1.54, 1.807) is 0 Å². The lowest BCUT2D eigenvalue weighted by molar-refractivity contribution is -0.394. The van der Waals surface area contributed by atoms with Crippen molar-refractivity contribution >= 4 is 17.6 Å². The lowest BCUT2D eigenvalue weighted by atomic mass is 10.2. The summed E-state index contributed by atoms with van der Waals surface area (Å²) in [6, 6.07) is 0.776. The summed E-state index contributed by atoms with van der Waals surface area (Å²) in [6.07, 6.45) is 1.70. The minimum Gasteiger partial charge on any atom is -0.478 e. The Morgan fingerprint density at radius 1 is 1.25 bits per heavy atom. The van der Waals surface area contributed by atoms with Gasteiger partial charge in [-0.25, -0.2) is 9.78 Å². The molecule has 0 atom stereocenters. The molecule has 102 valence electrons. The van der Waals surface area contributed by atoms with Crippen LogP contribution in [-0.2, 0) is 0 Å². The van der Waals surface area contributed by atoms with Crippen molar-refractivity contribution in [2.45, 2.75) is 0 Å². The molecule has 0 aliphatic rings. The maximum absolute atomic E-state index is 11.1. The highest BCUT2D eigenvalue weighted by atomic mass is 16.6.